The molecule has 1 amide bonds. The molecule has 26 heavy (non-hydrogen) atoms. The van der Waals surface area contributed by atoms with Crippen LogP contribution in [0.4, 0.5) is 0 Å². The molecule has 0 saturated carbocycles. The van der Waals surface area contributed by atoms with Crippen LogP contribution in [0.15, 0.2) is 59.6 Å². The van der Waals surface area contributed by atoms with Gasteiger partial charge in [0.2, 0.25) is 5.91 Å². The van der Waals surface area contributed by atoms with Gasteiger partial charge < -0.3 is 16.0 Å². The lowest BCUT2D eigenvalue weighted by atomic mass is 9.99. The second-order valence-electron chi connectivity index (χ2n) is 6.76. The molecule has 136 valence electrons. The molecular formula is C21H26N4O. The topological polar surface area (TPSA) is 70.7 Å². The number of nitrogens with one attached hydrogen (secondary N) is 1. The molecule has 1 unspecified atom stereocenters. The molecule has 0 aliphatic carbocycles. The molecule has 0 bridgehead atoms. The van der Waals surface area contributed by atoms with Gasteiger partial charge in [0.25, 0.3) is 0 Å². The van der Waals surface area contributed by atoms with Crippen molar-refractivity contribution >= 4 is 11.9 Å². The standard InChI is InChI=1S/C21H26N4O/c1-23-21(24-14-17-8-5-9-19(13-17)20(22)26)25-11-10-18(15-25)12-16-6-3-2-4-7-16/h2-9,13,18H,10-12,14-15H2,1H3,(H2,22,26)(H,23,24). The summed E-state index contributed by atoms with van der Waals surface area (Å²) >= 11 is 0. The summed E-state index contributed by atoms with van der Waals surface area (Å²) in [6, 6.07) is 18.0. The van der Waals surface area contributed by atoms with E-state index in [0.29, 0.717) is 18.0 Å². The van der Waals surface area contributed by atoms with Gasteiger partial charge in [-0.1, -0.05) is 42.5 Å². The van der Waals surface area contributed by atoms with E-state index in [9.17, 15) is 4.79 Å². The first kappa shape index (κ1) is 18.0. The molecule has 3 rings (SSSR count). The van der Waals surface area contributed by atoms with Crippen LogP contribution in [0.3, 0.4) is 0 Å². The number of hydrogen-bond acceptors (Lipinski definition) is 2. The number of guanidine groups is 1. The Hall–Kier alpha value is -2.82. The fraction of sp³-hybridized carbons (Fsp3) is 0.333. The van der Waals surface area contributed by atoms with Crippen LogP contribution in [-0.4, -0.2) is 36.9 Å². The molecule has 2 aromatic carbocycles. The van der Waals surface area contributed by atoms with Crippen molar-refractivity contribution in [3.8, 4) is 0 Å². The van der Waals surface area contributed by atoms with Gasteiger partial charge in [0, 0.05) is 32.2 Å². The van der Waals surface area contributed by atoms with Gasteiger partial charge in [-0.3, -0.25) is 9.79 Å². The highest BCUT2D eigenvalue weighted by Gasteiger charge is 2.24. The highest BCUT2D eigenvalue weighted by atomic mass is 16.1. The van der Waals surface area contributed by atoms with E-state index >= 15 is 0 Å². The summed E-state index contributed by atoms with van der Waals surface area (Å²) in [6.07, 6.45) is 2.28. The summed E-state index contributed by atoms with van der Waals surface area (Å²) in [6.45, 7) is 2.64. The molecule has 1 aliphatic rings. The molecule has 0 aromatic heterocycles. The van der Waals surface area contributed by atoms with Crippen molar-refractivity contribution in [2.75, 3.05) is 20.1 Å². The number of nitrogens with zero attached hydrogens (tertiary/aromatic N) is 2. The van der Waals surface area contributed by atoms with Crippen LogP contribution in [0.1, 0.15) is 27.9 Å². The zero-order valence-corrected chi connectivity index (χ0v) is 15.2. The number of carbonyl (C=O) groups is 1. The predicted octanol–water partition coefficient (Wildman–Crippen LogP) is 2.43. The van der Waals surface area contributed by atoms with E-state index in [2.05, 4.69) is 45.5 Å². The van der Waals surface area contributed by atoms with Crippen LogP contribution in [0, 0.1) is 5.92 Å². The minimum absolute atomic E-state index is 0.403. The van der Waals surface area contributed by atoms with Gasteiger partial charge >= 0.3 is 0 Å². The summed E-state index contributed by atoms with van der Waals surface area (Å²) < 4.78 is 0. The molecule has 1 fully saturated rings. The number of nitrogens with two attached hydrogens (primary N) is 1. The first-order valence-electron chi connectivity index (χ1n) is 9.04. The third kappa shape index (κ3) is 4.63. The van der Waals surface area contributed by atoms with Crippen molar-refractivity contribution in [3.05, 3.63) is 71.3 Å². The molecule has 1 atom stereocenters. The van der Waals surface area contributed by atoms with E-state index in [4.69, 9.17) is 5.73 Å². The highest BCUT2D eigenvalue weighted by molar-refractivity contribution is 5.92. The fourth-order valence-corrected chi connectivity index (χ4v) is 3.49. The number of likely N-dealkylation sites (tertiary alicyclic amines) is 1. The van der Waals surface area contributed by atoms with Crippen molar-refractivity contribution in [2.24, 2.45) is 16.6 Å². The Labute approximate surface area is 154 Å². The maximum absolute atomic E-state index is 11.3. The maximum Gasteiger partial charge on any atom is 0.248 e. The van der Waals surface area contributed by atoms with Crippen LogP contribution >= 0.6 is 0 Å². The number of amides is 1. The van der Waals surface area contributed by atoms with E-state index in [-0.39, 0.29) is 0 Å². The average Bonchev–Trinajstić information content (AvgIpc) is 3.11. The molecule has 3 N–H and O–H groups in total. The summed E-state index contributed by atoms with van der Waals surface area (Å²) in [4.78, 5) is 18.0. The van der Waals surface area contributed by atoms with Gasteiger partial charge in [-0.25, -0.2) is 0 Å². The van der Waals surface area contributed by atoms with E-state index in [0.717, 1.165) is 31.0 Å². The van der Waals surface area contributed by atoms with Gasteiger partial charge in [0.1, 0.15) is 0 Å². The van der Waals surface area contributed by atoms with Gasteiger partial charge in [0.15, 0.2) is 5.96 Å². The quantitative estimate of drug-likeness (QED) is 0.643. The van der Waals surface area contributed by atoms with Crippen LogP contribution < -0.4 is 11.1 Å². The van der Waals surface area contributed by atoms with E-state index in [1.807, 2.05) is 25.2 Å². The minimum atomic E-state index is -0.403. The summed E-state index contributed by atoms with van der Waals surface area (Å²) in [7, 11) is 1.81. The van der Waals surface area contributed by atoms with E-state index < -0.39 is 5.91 Å². The number of aliphatic imine (C=N–C) groups is 1. The molecule has 2 aromatic rings. The molecule has 0 spiro atoms. The Bertz CT molecular complexity index is 773. The number of primary amides is 1. The zero-order valence-electron chi connectivity index (χ0n) is 15.2. The normalized spacial score (nSPS) is 17.3. The smallest absolute Gasteiger partial charge is 0.248 e. The number of carbonyl (C=O) groups excluding carboxylic acids is 1. The van der Waals surface area contributed by atoms with Crippen LogP contribution in [-0.2, 0) is 13.0 Å². The second-order valence-corrected chi connectivity index (χ2v) is 6.76. The number of benzene rings is 2. The van der Waals surface area contributed by atoms with Crippen LogP contribution in [0.25, 0.3) is 0 Å². The Morgan fingerprint density at radius 1 is 1.19 bits per heavy atom. The monoisotopic (exact) mass is 350 g/mol. The summed E-state index contributed by atoms with van der Waals surface area (Å²) in [5.41, 5.74) is 8.29. The Balaban J connectivity index is 1.55. The lowest BCUT2D eigenvalue weighted by Crippen LogP contribution is -2.39. The molecule has 5 nitrogen and oxygen atoms in total. The average molecular weight is 350 g/mol. The minimum Gasteiger partial charge on any atom is -0.366 e. The first-order valence-corrected chi connectivity index (χ1v) is 9.04. The van der Waals surface area contributed by atoms with E-state index in [1.165, 1.54) is 12.0 Å². The van der Waals surface area contributed by atoms with Gasteiger partial charge in [0.05, 0.1) is 0 Å². The lowest BCUT2D eigenvalue weighted by Gasteiger charge is -2.22. The third-order valence-electron chi connectivity index (χ3n) is 4.83. The predicted molar refractivity (Wildman–Crippen MR) is 105 cm³/mol. The molecular weight excluding hydrogens is 324 g/mol. The highest BCUT2D eigenvalue weighted by Crippen LogP contribution is 2.21. The zero-order chi connectivity index (χ0) is 18.4. The molecule has 0 radical (unpaired) electrons. The van der Waals surface area contributed by atoms with Crippen molar-refractivity contribution in [1.29, 1.82) is 0 Å². The van der Waals surface area contributed by atoms with Gasteiger partial charge in [-0.2, -0.15) is 0 Å². The van der Waals surface area contributed by atoms with Crippen molar-refractivity contribution < 1.29 is 4.79 Å². The SMILES string of the molecule is CN=C(NCc1cccc(C(N)=O)c1)N1CCC(Cc2ccccc2)C1. The van der Waals surface area contributed by atoms with Crippen molar-refractivity contribution in [3.63, 3.8) is 0 Å². The fourth-order valence-electron chi connectivity index (χ4n) is 3.49. The maximum atomic E-state index is 11.3. The van der Waals surface area contributed by atoms with E-state index in [1.54, 1.807) is 6.07 Å². The Kier molecular flexibility index (Phi) is 5.89. The third-order valence-corrected chi connectivity index (χ3v) is 4.83. The van der Waals surface area contributed by atoms with Gasteiger partial charge in [-0.05, 0) is 42.0 Å². The van der Waals surface area contributed by atoms with Crippen LogP contribution in [0.5, 0.6) is 0 Å². The molecule has 5 heteroatoms. The Morgan fingerprint density at radius 3 is 2.69 bits per heavy atom. The summed E-state index contributed by atoms with van der Waals surface area (Å²) in [5, 5.41) is 3.40. The summed E-state index contributed by atoms with van der Waals surface area (Å²) in [5.74, 6) is 1.15. The molecule has 1 heterocycles. The molecule has 1 aliphatic heterocycles. The lowest BCUT2D eigenvalue weighted by molar-refractivity contribution is 0.1000. The van der Waals surface area contributed by atoms with Crippen molar-refractivity contribution in [1.82, 2.24) is 10.2 Å². The van der Waals surface area contributed by atoms with Gasteiger partial charge in [-0.15, -0.1) is 0 Å². The first-order chi connectivity index (χ1) is 12.7. The second kappa shape index (κ2) is 8.52. The van der Waals surface area contributed by atoms with Crippen molar-refractivity contribution in [2.45, 2.75) is 19.4 Å². The molecule has 1 saturated heterocycles. The number of rotatable bonds is 5. The largest absolute Gasteiger partial charge is 0.366 e. The number of hydrogen-bond donors (Lipinski definition) is 2. The Morgan fingerprint density at radius 2 is 1.96 bits per heavy atom. The van der Waals surface area contributed by atoms with Crippen LogP contribution in [0.2, 0.25) is 0 Å².